The van der Waals surface area contributed by atoms with E-state index in [4.69, 9.17) is 5.73 Å². The minimum absolute atomic E-state index is 0.783. The Bertz CT molecular complexity index is 522. The Morgan fingerprint density at radius 2 is 2.11 bits per heavy atom. The van der Waals surface area contributed by atoms with Crippen LogP contribution in [0.1, 0.15) is 22.9 Å². The van der Waals surface area contributed by atoms with E-state index >= 15 is 0 Å². The average molecular weight is 325 g/mol. The molecule has 0 aliphatic carbocycles. The standard InChI is InChI=1S/C14H17BrN2S/c1-2-11-5-6-18-14(11)9-17-8-10-3-4-13(16)12(15)7-10/h3-7,17H,2,8-9,16H2,1H3. The molecule has 96 valence electrons. The van der Waals surface area contributed by atoms with Crippen molar-refractivity contribution in [3.8, 4) is 0 Å². The fourth-order valence-electron chi connectivity index (χ4n) is 1.84. The Morgan fingerprint density at radius 3 is 2.83 bits per heavy atom. The molecular formula is C14H17BrN2S. The first kappa shape index (κ1) is 13.6. The largest absolute Gasteiger partial charge is 0.398 e. The Hall–Kier alpha value is -0.840. The van der Waals surface area contributed by atoms with Crippen LogP contribution in [-0.2, 0) is 19.5 Å². The molecule has 0 atom stereocenters. The van der Waals surface area contributed by atoms with Gasteiger partial charge in [0.05, 0.1) is 0 Å². The summed E-state index contributed by atoms with van der Waals surface area (Å²) in [7, 11) is 0. The predicted molar refractivity (Wildman–Crippen MR) is 82.8 cm³/mol. The van der Waals surface area contributed by atoms with E-state index in [1.54, 1.807) is 0 Å². The van der Waals surface area contributed by atoms with Crippen LogP contribution in [0, 0.1) is 0 Å². The number of anilines is 1. The Balaban J connectivity index is 1.90. The number of thiophene rings is 1. The number of hydrogen-bond acceptors (Lipinski definition) is 3. The maximum Gasteiger partial charge on any atom is 0.0458 e. The van der Waals surface area contributed by atoms with Gasteiger partial charge in [-0.05, 0) is 57.1 Å². The van der Waals surface area contributed by atoms with Gasteiger partial charge >= 0.3 is 0 Å². The van der Waals surface area contributed by atoms with Crippen LogP contribution in [0.25, 0.3) is 0 Å². The fraction of sp³-hybridized carbons (Fsp3) is 0.286. The van der Waals surface area contributed by atoms with Crippen molar-refractivity contribution in [1.29, 1.82) is 0 Å². The van der Waals surface area contributed by atoms with Crippen LogP contribution in [0.2, 0.25) is 0 Å². The molecular weight excluding hydrogens is 308 g/mol. The molecule has 0 amide bonds. The molecule has 3 N–H and O–H groups in total. The third-order valence-electron chi connectivity index (χ3n) is 2.90. The van der Waals surface area contributed by atoms with Crippen molar-refractivity contribution in [3.05, 3.63) is 50.1 Å². The van der Waals surface area contributed by atoms with E-state index in [1.807, 2.05) is 17.4 Å². The summed E-state index contributed by atoms with van der Waals surface area (Å²) in [6.45, 7) is 3.99. The van der Waals surface area contributed by atoms with E-state index in [-0.39, 0.29) is 0 Å². The van der Waals surface area contributed by atoms with Gasteiger partial charge in [-0.15, -0.1) is 11.3 Å². The molecule has 0 fully saturated rings. The number of aryl methyl sites for hydroxylation is 1. The first-order chi connectivity index (χ1) is 8.70. The molecule has 18 heavy (non-hydrogen) atoms. The van der Waals surface area contributed by atoms with Crippen LogP contribution in [0.4, 0.5) is 5.69 Å². The monoisotopic (exact) mass is 324 g/mol. The topological polar surface area (TPSA) is 38.0 Å². The van der Waals surface area contributed by atoms with Gasteiger partial charge in [-0.2, -0.15) is 0 Å². The van der Waals surface area contributed by atoms with Gasteiger partial charge in [-0.25, -0.2) is 0 Å². The van der Waals surface area contributed by atoms with E-state index < -0.39 is 0 Å². The van der Waals surface area contributed by atoms with Gasteiger partial charge in [0.2, 0.25) is 0 Å². The second kappa shape index (κ2) is 6.36. The van der Waals surface area contributed by atoms with Gasteiger partial charge < -0.3 is 11.1 Å². The summed E-state index contributed by atoms with van der Waals surface area (Å²) in [5.41, 5.74) is 9.24. The third-order valence-corrected chi connectivity index (χ3v) is 4.55. The quantitative estimate of drug-likeness (QED) is 0.817. The van der Waals surface area contributed by atoms with E-state index in [0.717, 1.165) is 29.7 Å². The van der Waals surface area contributed by atoms with Gasteiger partial charge in [0.15, 0.2) is 0 Å². The lowest BCUT2D eigenvalue weighted by molar-refractivity contribution is 0.696. The lowest BCUT2D eigenvalue weighted by atomic mass is 10.2. The highest BCUT2D eigenvalue weighted by atomic mass is 79.9. The van der Waals surface area contributed by atoms with Gasteiger partial charge in [0.1, 0.15) is 0 Å². The van der Waals surface area contributed by atoms with Crippen LogP contribution in [0.15, 0.2) is 34.1 Å². The van der Waals surface area contributed by atoms with E-state index in [2.05, 4.69) is 51.7 Å². The van der Waals surface area contributed by atoms with Crippen molar-refractivity contribution in [2.45, 2.75) is 26.4 Å². The summed E-state index contributed by atoms with van der Waals surface area (Å²) in [5, 5.41) is 5.64. The molecule has 0 aliphatic heterocycles. The highest BCUT2D eigenvalue weighted by molar-refractivity contribution is 9.10. The number of hydrogen-bond donors (Lipinski definition) is 2. The van der Waals surface area contributed by atoms with Crippen molar-refractivity contribution in [1.82, 2.24) is 5.32 Å². The predicted octanol–water partition coefficient (Wildman–Crippen LogP) is 3.95. The summed E-state index contributed by atoms with van der Waals surface area (Å²) in [6.07, 6.45) is 1.11. The zero-order valence-electron chi connectivity index (χ0n) is 10.4. The van der Waals surface area contributed by atoms with Crippen molar-refractivity contribution >= 4 is 33.0 Å². The van der Waals surface area contributed by atoms with Crippen molar-refractivity contribution in [2.75, 3.05) is 5.73 Å². The van der Waals surface area contributed by atoms with Gasteiger partial charge in [-0.1, -0.05) is 13.0 Å². The maximum absolute atomic E-state index is 5.77. The first-order valence-corrected chi connectivity index (χ1v) is 7.68. The minimum Gasteiger partial charge on any atom is -0.398 e. The van der Waals surface area contributed by atoms with Crippen molar-refractivity contribution in [2.24, 2.45) is 0 Å². The van der Waals surface area contributed by atoms with Gasteiger partial charge in [-0.3, -0.25) is 0 Å². The zero-order chi connectivity index (χ0) is 13.0. The SMILES string of the molecule is CCc1ccsc1CNCc1ccc(N)c(Br)c1. The van der Waals surface area contributed by atoms with Crippen LogP contribution in [0.5, 0.6) is 0 Å². The molecule has 0 unspecified atom stereocenters. The second-order valence-electron chi connectivity index (χ2n) is 4.18. The highest BCUT2D eigenvalue weighted by Gasteiger charge is 2.02. The zero-order valence-corrected chi connectivity index (χ0v) is 12.8. The molecule has 0 spiro atoms. The molecule has 2 rings (SSSR count). The normalized spacial score (nSPS) is 10.8. The molecule has 2 nitrogen and oxygen atoms in total. The van der Waals surface area contributed by atoms with Crippen LogP contribution < -0.4 is 11.1 Å². The molecule has 4 heteroatoms. The number of benzene rings is 1. The molecule has 1 heterocycles. The molecule has 0 saturated carbocycles. The second-order valence-corrected chi connectivity index (χ2v) is 6.04. The molecule has 2 aromatic rings. The number of rotatable bonds is 5. The maximum atomic E-state index is 5.77. The molecule has 0 bridgehead atoms. The van der Waals surface area contributed by atoms with Gasteiger partial charge in [0, 0.05) is 28.1 Å². The lowest BCUT2D eigenvalue weighted by Gasteiger charge is -2.07. The molecule has 0 aliphatic rings. The Kier molecular flexibility index (Phi) is 4.80. The summed E-state index contributed by atoms with van der Waals surface area (Å²) >= 11 is 5.27. The fourth-order valence-corrected chi connectivity index (χ4v) is 3.21. The van der Waals surface area contributed by atoms with Gasteiger partial charge in [0.25, 0.3) is 0 Å². The highest BCUT2D eigenvalue weighted by Crippen LogP contribution is 2.21. The first-order valence-electron chi connectivity index (χ1n) is 6.00. The van der Waals surface area contributed by atoms with E-state index in [1.165, 1.54) is 16.0 Å². The summed E-state index contributed by atoms with van der Waals surface area (Å²) in [4.78, 5) is 1.44. The van der Waals surface area contributed by atoms with E-state index in [9.17, 15) is 0 Å². The van der Waals surface area contributed by atoms with Crippen molar-refractivity contribution in [3.63, 3.8) is 0 Å². The lowest BCUT2D eigenvalue weighted by Crippen LogP contribution is -2.12. The summed E-state index contributed by atoms with van der Waals surface area (Å²) in [5.74, 6) is 0. The Morgan fingerprint density at radius 1 is 1.28 bits per heavy atom. The molecule has 1 aromatic carbocycles. The molecule has 1 aromatic heterocycles. The van der Waals surface area contributed by atoms with E-state index in [0.29, 0.717) is 0 Å². The number of nitrogens with two attached hydrogens (primary N) is 1. The summed E-state index contributed by atoms with van der Waals surface area (Å²) in [6, 6.07) is 8.27. The molecule has 0 saturated heterocycles. The van der Waals surface area contributed by atoms with Crippen LogP contribution in [0.3, 0.4) is 0 Å². The smallest absolute Gasteiger partial charge is 0.0458 e. The third kappa shape index (κ3) is 3.34. The van der Waals surface area contributed by atoms with Crippen LogP contribution >= 0.6 is 27.3 Å². The summed E-state index contributed by atoms with van der Waals surface area (Å²) < 4.78 is 0.965. The van der Waals surface area contributed by atoms with Crippen molar-refractivity contribution < 1.29 is 0 Å². The number of halogens is 1. The number of nitrogen functional groups attached to an aromatic ring is 1. The molecule has 0 radical (unpaired) electrons. The Labute approximate surface area is 120 Å². The average Bonchev–Trinajstić information content (AvgIpc) is 2.81. The number of nitrogens with one attached hydrogen (secondary N) is 1. The van der Waals surface area contributed by atoms with Crippen LogP contribution in [-0.4, -0.2) is 0 Å². The minimum atomic E-state index is 0.783.